The number of rotatable bonds is 7. The van der Waals surface area contributed by atoms with Crippen LogP contribution in [0.1, 0.15) is 67.3 Å². The molecular weight excluding hydrogens is 504 g/mol. The zero-order chi connectivity index (χ0) is 28.1. The van der Waals surface area contributed by atoms with Gasteiger partial charge in [-0.1, -0.05) is 50.0 Å². The average molecular weight is 543 g/mol. The number of fused-ring (bicyclic) bond motifs is 1. The molecule has 8 nitrogen and oxygen atoms in total. The van der Waals surface area contributed by atoms with E-state index in [-0.39, 0.29) is 42.1 Å². The molecule has 2 aliphatic carbocycles. The smallest absolute Gasteiger partial charge is 0.251 e. The number of hydrogen-bond acceptors (Lipinski definition) is 5. The van der Waals surface area contributed by atoms with Gasteiger partial charge in [-0.15, -0.1) is 0 Å². The van der Waals surface area contributed by atoms with E-state index < -0.39 is 0 Å². The van der Waals surface area contributed by atoms with Crippen LogP contribution in [0.25, 0.3) is 11.1 Å². The van der Waals surface area contributed by atoms with Gasteiger partial charge in [-0.2, -0.15) is 5.10 Å². The highest BCUT2D eigenvalue weighted by molar-refractivity contribution is 6.08. The minimum absolute atomic E-state index is 0.0483. The molecule has 8 heteroatoms. The lowest BCUT2D eigenvalue weighted by Gasteiger charge is -2.40. The van der Waals surface area contributed by atoms with Gasteiger partial charge in [0.05, 0.1) is 31.3 Å². The number of carbonyl (C=O) groups is 3. The van der Waals surface area contributed by atoms with Crippen molar-refractivity contribution in [2.75, 3.05) is 20.7 Å². The van der Waals surface area contributed by atoms with Crippen molar-refractivity contribution >= 4 is 23.4 Å². The van der Waals surface area contributed by atoms with Crippen LogP contribution in [-0.4, -0.2) is 55.2 Å². The van der Waals surface area contributed by atoms with Crippen molar-refractivity contribution in [1.82, 2.24) is 15.6 Å². The first-order valence-corrected chi connectivity index (χ1v) is 14.3. The summed E-state index contributed by atoms with van der Waals surface area (Å²) in [5.74, 6) is 0.281. The molecule has 2 atom stereocenters. The van der Waals surface area contributed by atoms with Crippen LogP contribution in [0.15, 0.2) is 59.7 Å². The molecule has 2 aromatic rings. The van der Waals surface area contributed by atoms with Crippen LogP contribution in [0.5, 0.6) is 5.75 Å². The normalized spacial score (nSPS) is 21.2. The third-order valence-electron chi connectivity index (χ3n) is 8.35. The van der Waals surface area contributed by atoms with E-state index in [1.807, 2.05) is 29.3 Å². The minimum atomic E-state index is -0.313. The fourth-order valence-electron chi connectivity index (χ4n) is 6.08. The van der Waals surface area contributed by atoms with Crippen molar-refractivity contribution in [3.05, 3.63) is 65.7 Å². The van der Waals surface area contributed by atoms with E-state index in [4.69, 9.17) is 9.84 Å². The summed E-state index contributed by atoms with van der Waals surface area (Å²) >= 11 is 0. The molecule has 1 saturated carbocycles. The fraction of sp³-hybridized carbons (Fsp3) is 0.438. The molecular formula is C32H38N4O4. The van der Waals surface area contributed by atoms with Crippen LogP contribution in [0.2, 0.25) is 0 Å². The van der Waals surface area contributed by atoms with Gasteiger partial charge in [-0.25, -0.2) is 5.01 Å². The van der Waals surface area contributed by atoms with Gasteiger partial charge in [-0.05, 0) is 67.1 Å². The predicted molar refractivity (Wildman–Crippen MR) is 155 cm³/mol. The quantitative estimate of drug-likeness (QED) is 0.392. The van der Waals surface area contributed by atoms with Crippen molar-refractivity contribution in [3.8, 4) is 16.9 Å². The lowest BCUT2D eigenvalue weighted by atomic mass is 9.76. The number of nitrogens with one attached hydrogen (secondary N) is 2. The van der Waals surface area contributed by atoms with Gasteiger partial charge in [0, 0.05) is 24.1 Å². The first kappa shape index (κ1) is 27.6. The number of benzene rings is 2. The van der Waals surface area contributed by atoms with E-state index in [2.05, 4.69) is 28.9 Å². The monoisotopic (exact) mass is 542 g/mol. The van der Waals surface area contributed by atoms with Gasteiger partial charge < -0.3 is 15.4 Å². The van der Waals surface area contributed by atoms with E-state index >= 15 is 0 Å². The topological polar surface area (TPSA) is 100 Å². The van der Waals surface area contributed by atoms with Gasteiger partial charge >= 0.3 is 0 Å². The van der Waals surface area contributed by atoms with Crippen molar-refractivity contribution < 1.29 is 19.1 Å². The number of ether oxygens (including phenoxy) is 1. The number of carbonyl (C=O) groups excluding carboxylic acids is 3. The van der Waals surface area contributed by atoms with Gasteiger partial charge in [0.15, 0.2) is 0 Å². The molecule has 0 aromatic heterocycles. The molecule has 0 unspecified atom stereocenters. The van der Waals surface area contributed by atoms with E-state index in [1.165, 1.54) is 19.9 Å². The first-order chi connectivity index (χ1) is 19.5. The van der Waals surface area contributed by atoms with E-state index in [0.29, 0.717) is 11.3 Å². The van der Waals surface area contributed by atoms with Crippen LogP contribution in [0, 0.1) is 11.8 Å². The molecule has 1 heterocycles. The van der Waals surface area contributed by atoms with Gasteiger partial charge in [-0.3, -0.25) is 14.4 Å². The SMILES string of the molecule is CNC(=O)CNC(=O)c1ccc(-c2cc(C3=NN(C4CCCCCC4)C(=O)[C@@H]4CC=CC[C@H]34)ccc2OC)cc1. The number of methoxy groups -OCH3 is 1. The van der Waals surface area contributed by atoms with Crippen LogP contribution < -0.4 is 15.4 Å². The Morgan fingerprint density at radius 3 is 2.30 bits per heavy atom. The van der Waals surface area contributed by atoms with E-state index in [0.717, 1.165) is 60.9 Å². The van der Waals surface area contributed by atoms with Gasteiger partial charge in [0.25, 0.3) is 5.91 Å². The van der Waals surface area contributed by atoms with Gasteiger partial charge in [0.2, 0.25) is 11.8 Å². The van der Waals surface area contributed by atoms with Gasteiger partial charge in [0.1, 0.15) is 5.75 Å². The summed E-state index contributed by atoms with van der Waals surface area (Å²) in [6, 6.07) is 13.5. The Labute approximate surface area is 235 Å². The molecule has 0 saturated heterocycles. The Balaban J connectivity index is 1.47. The highest BCUT2D eigenvalue weighted by atomic mass is 16.5. The number of hydrogen-bond donors (Lipinski definition) is 2. The van der Waals surface area contributed by atoms with E-state index in [1.54, 1.807) is 19.2 Å². The first-order valence-electron chi connectivity index (χ1n) is 14.3. The standard InChI is InChI=1S/C32H38N4O4/c1-33-29(37)20-34-31(38)22-15-13-21(14-16-22)27-19-23(17-18-28(27)40-2)30-25-11-7-8-12-26(25)32(39)36(35-30)24-9-5-3-4-6-10-24/h7-8,13-19,24-26H,3-6,9-12,20H2,1-2H3,(H,33,37)(H,34,38)/t25-,26+/m0/s1. The molecule has 1 fully saturated rings. The Kier molecular flexibility index (Phi) is 8.63. The van der Waals surface area contributed by atoms with E-state index in [9.17, 15) is 14.4 Å². The number of allylic oxidation sites excluding steroid dienone is 2. The minimum Gasteiger partial charge on any atom is -0.496 e. The summed E-state index contributed by atoms with van der Waals surface area (Å²) in [5, 5.41) is 12.0. The Morgan fingerprint density at radius 1 is 0.950 bits per heavy atom. The van der Waals surface area contributed by atoms with Crippen LogP contribution in [0.4, 0.5) is 0 Å². The fourth-order valence-corrected chi connectivity index (χ4v) is 6.08. The highest BCUT2D eigenvalue weighted by Crippen LogP contribution is 2.39. The molecule has 3 amide bonds. The molecule has 5 rings (SSSR count). The molecule has 1 aliphatic heterocycles. The van der Waals surface area contributed by atoms with Crippen molar-refractivity contribution in [2.24, 2.45) is 16.9 Å². The predicted octanol–water partition coefficient (Wildman–Crippen LogP) is 4.69. The number of nitrogens with zero attached hydrogens (tertiary/aromatic N) is 2. The Morgan fingerprint density at radius 2 is 1.62 bits per heavy atom. The maximum atomic E-state index is 13.6. The second kappa shape index (κ2) is 12.5. The molecule has 0 radical (unpaired) electrons. The maximum absolute atomic E-state index is 13.6. The summed E-state index contributed by atoms with van der Waals surface area (Å²) in [4.78, 5) is 37.6. The second-order valence-electron chi connectivity index (χ2n) is 10.8. The van der Waals surface area contributed by atoms with Crippen molar-refractivity contribution in [1.29, 1.82) is 0 Å². The summed E-state index contributed by atoms with van der Waals surface area (Å²) in [6.45, 7) is -0.0766. The third kappa shape index (κ3) is 5.81. The van der Waals surface area contributed by atoms with Crippen LogP contribution >= 0.6 is 0 Å². The Bertz CT molecular complexity index is 1310. The zero-order valence-electron chi connectivity index (χ0n) is 23.3. The number of amides is 3. The summed E-state index contributed by atoms with van der Waals surface area (Å²) in [6.07, 6.45) is 12.6. The van der Waals surface area contributed by atoms with Crippen molar-refractivity contribution in [2.45, 2.75) is 57.4 Å². The number of hydrazone groups is 1. The van der Waals surface area contributed by atoms with Crippen LogP contribution in [-0.2, 0) is 9.59 Å². The molecule has 40 heavy (non-hydrogen) atoms. The second-order valence-corrected chi connectivity index (χ2v) is 10.8. The summed E-state index contributed by atoms with van der Waals surface area (Å²) < 4.78 is 5.71. The molecule has 0 bridgehead atoms. The molecule has 210 valence electrons. The summed E-state index contributed by atoms with van der Waals surface area (Å²) in [5.41, 5.74) is 4.20. The van der Waals surface area contributed by atoms with Crippen LogP contribution in [0.3, 0.4) is 0 Å². The maximum Gasteiger partial charge on any atom is 0.251 e. The largest absolute Gasteiger partial charge is 0.496 e. The molecule has 0 spiro atoms. The lowest BCUT2D eigenvalue weighted by molar-refractivity contribution is -0.140. The molecule has 2 aromatic carbocycles. The Hall–Kier alpha value is -3.94. The average Bonchev–Trinajstić information content (AvgIpc) is 3.29. The lowest BCUT2D eigenvalue weighted by Crippen LogP contribution is -2.49. The summed E-state index contributed by atoms with van der Waals surface area (Å²) in [7, 11) is 3.17. The van der Waals surface area contributed by atoms with Crippen molar-refractivity contribution in [3.63, 3.8) is 0 Å². The number of likely N-dealkylation sites (N-methyl/N-ethyl adjacent to an activating group) is 1. The molecule has 2 N–H and O–H groups in total. The molecule has 3 aliphatic rings. The third-order valence-corrected chi connectivity index (χ3v) is 8.35. The zero-order valence-corrected chi connectivity index (χ0v) is 23.3. The highest BCUT2D eigenvalue weighted by Gasteiger charge is 2.42.